The number of carbonyl (C=O) groups is 1. The third-order valence-electron chi connectivity index (χ3n) is 3.28. The lowest BCUT2D eigenvalue weighted by atomic mass is 10.1. The molecule has 21 heavy (non-hydrogen) atoms. The lowest BCUT2D eigenvalue weighted by molar-refractivity contribution is 0.102. The summed E-state index contributed by atoms with van der Waals surface area (Å²) in [6.07, 6.45) is 0. The molecule has 0 bridgehead atoms. The first kappa shape index (κ1) is 14.9. The molecule has 0 fully saturated rings. The topological polar surface area (TPSA) is 47.6 Å². The van der Waals surface area contributed by atoms with Gasteiger partial charge >= 0.3 is 0 Å². The van der Waals surface area contributed by atoms with E-state index in [1.807, 2.05) is 32.0 Å². The zero-order chi connectivity index (χ0) is 15.4. The first-order valence-corrected chi connectivity index (χ1v) is 6.65. The van der Waals surface area contributed by atoms with Crippen LogP contribution in [-0.4, -0.2) is 20.1 Å². The Morgan fingerprint density at radius 2 is 1.76 bits per heavy atom. The first-order valence-electron chi connectivity index (χ1n) is 6.65. The van der Waals surface area contributed by atoms with E-state index in [2.05, 4.69) is 5.32 Å². The minimum atomic E-state index is -0.157. The Morgan fingerprint density at radius 3 is 2.38 bits per heavy atom. The molecule has 0 aliphatic heterocycles. The maximum atomic E-state index is 12.4. The van der Waals surface area contributed by atoms with Crippen molar-refractivity contribution in [2.75, 3.05) is 19.5 Å². The highest BCUT2D eigenvalue weighted by atomic mass is 16.5. The van der Waals surface area contributed by atoms with Crippen LogP contribution < -0.4 is 14.8 Å². The molecule has 1 amide bonds. The molecule has 4 nitrogen and oxygen atoms in total. The standard InChI is InChI=1S/C17H19NO3/c1-11-5-7-14(12(2)9-11)17(19)18-15-8-6-13(20-3)10-16(15)21-4/h5-10H,1-4H3,(H,18,19). The molecule has 0 spiro atoms. The van der Waals surface area contributed by atoms with Crippen LogP contribution in [0.4, 0.5) is 5.69 Å². The quantitative estimate of drug-likeness (QED) is 0.934. The highest BCUT2D eigenvalue weighted by Crippen LogP contribution is 2.29. The molecule has 0 saturated carbocycles. The minimum absolute atomic E-state index is 0.157. The summed E-state index contributed by atoms with van der Waals surface area (Å²) >= 11 is 0. The fourth-order valence-electron chi connectivity index (χ4n) is 2.16. The van der Waals surface area contributed by atoms with Crippen molar-refractivity contribution < 1.29 is 14.3 Å². The molecule has 0 saturated heterocycles. The van der Waals surface area contributed by atoms with Crippen LogP contribution in [-0.2, 0) is 0 Å². The molecule has 1 N–H and O–H groups in total. The zero-order valence-corrected chi connectivity index (χ0v) is 12.7. The van der Waals surface area contributed by atoms with Gasteiger partial charge in [0.05, 0.1) is 19.9 Å². The molecule has 110 valence electrons. The van der Waals surface area contributed by atoms with Crippen LogP contribution in [0.2, 0.25) is 0 Å². The number of aryl methyl sites for hydroxylation is 2. The number of benzene rings is 2. The second kappa shape index (κ2) is 6.31. The molecular weight excluding hydrogens is 266 g/mol. The Balaban J connectivity index is 2.27. The predicted octanol–water partition coefficient (Wildman–Crippen LogP) is 3.57. The van der Waals surface area contributed by atoms with Gasteiger partial charge in [0, 0.05) is 11.6 Å². The van der Waals surface area contributed by atoms with Gasteiger partial charge in [0.2, 0.25) is 0 Å². The molecular formula is C17H19NO3. The van der Waals surface area contributed by atoms with Crippen LogP contribution in [0.1, 0.15) is 21.5 Å². The second-order valence-electron chi connectivity index (χ2n) is 4.84. The third-order valence-corrected chi connectivity index (χ3v) is 3.28. The van der Waals surface area contributed by atoms with Crippen molar-refractivity contribution in [3.05, 3.63) is 53.1 Å². The van der Waals surface area contributed by atoms with E-state index in [9.17, 15) is 4.79 Å². The van der Waals surface area contributed by atoms with E-state index in [4.69, 9.17) is 9.47 Å². The maximum Gasteiger partial charge on any atom is 0.256 e. The maximum absolute atomic E-state index is 12.4. The average Bonchev–Trinajstić information content (AvgIpc) is 2.47. The molecule has 2 aromatic rings. The molecule has 0 aliphatic rings. The highest BCUT2D eigenvalue weighted by molar-refractivity contribution is 6.06. The normalized spacial score (nSPS) is 10.1. The van der Waals surface area contributed by atoms with Gasteiger partial charge in [-0.05, 0) is 37.6 Å². The summed E-state index contributed by atoms with van der Waals surface area (Å²) in [5, 5.41) is 2.87. The van der Waals surface area contributed by atoms with Gasteiger partial charge in [-0.15, -0.1) is 0 Å². The fraction of sp³-hybridized carbons (Fsp3) is 0.235. The van der Waals surface area contributed by atoms with Crippen LogP contribution >= 0.6 is 0 Å². The van der Waals surface area contributed by atoms with E-state index in [-0.39, 0.29) is 5.91 Å². The molecule has 0 aliphatic carbocycles. The molecule has 0 unspecified atom stereocenters. The van der Waals surface area contributed by atoms with Gasteiger partial charge in [0.25, 0.3) is 5.91 Å². The molecule has 0 radical (unpaired) electrons. The van der Waals surface area contributed by atoms with Gasteiger partial charge < -0.3 is 14.8 Å². The largest absolute Gasteiger partial charge is 0.497 e. The number of nitrogens with one attached hydrogen (secondary N) is 1. The number of amides is 1. The number of methoxy groups -OCH3 is 2. The van der Waals surface area contributed by atoms with E-state index in [0.29, 0.717) is 22.7 Å². The first-order chi connectivity index (χ1) is 10.0. The monoisotopic (exact) mass is 285 g/mol. The van der Waals surface area contributed by atoms with Gasteiger partial charge in [-0.25, -0.2) is 0 Å². The Hall–Kier alpha value is -2.49. The second-order valence-corrected chi connectivity index (χ2v) is 4.84. The summed E-state index contributed by atoms with van der Waals surface area (Å²) in [7, 11) is 3.14. The molecule has 0 heterocycles. The smallest absolute Gasteiger partial charge is 0.256 e. The lowest BCUT2D eigenvalue weighted by Gasteiger charge is -2.12. The van der Waals surface area contributed by atoms with Crippen molar-refractivity contribution in [1.82, 2.24) is 0 Å². The Morgan fingerprint density at radius 1 is 1.00 bits per heavy atom. The molecule has 0 aromatic heterocycles. The summed E-state index contributed by atoms with van der Waals surface area (Å²) in [4.78, 5) is 12.4. The van der Waals surface area contributed by atoms with Crippen LogP contribution in [0.3, 0.4) is 0 Å². The van der Waals surface area contributed by atoms with Crippen molar-refractivity contribution in [2.45, 2.75) is 13.8 Å². The zero-order valence-electron chi connectivity index (χ0n) is 12.7. The summed E-state index contributed by atoms with van der Waals surface area (Å²) < 4.78 is 10.4. The third kappa shape index (κ3) is 3.34. The number of carbonyl (C=O) groups excluding carboxylic acids is 1. The molecule has 4 heteroatoms. The van der Waals surface area contributed by atoms with Gasteiger partial charge in [-0.3, -0.25) is 4.79 Å². The van der Waals surface area contributed by atoms with E-state index >= 15 is 0 Å². The van der Waals surface area contributed by atoms with Crippen LogP contribution in [0.15, 0.2) is 36.4 Å². The predicted molar refractivity (Wildman–Crippen MR) is 83.4 cm³/mol. The van der Waals surface area contributed by atoms with Crippen molar-refractivity contribution in [2.24, 2.45) is 0 Å². The Labute approximate surface area is 124 Å². The molecule has 2 aromatic carbocycles. The number of hydrogen-bond acceptors (Lipinski definition) is 3. The van der Waals surface area contributed by atoms with Crippen LogP contribution in [0.25, 0.3) is 0 Å². The van der Waals surface area contributed by atoms with E-state index < -0.39 is 0 Å². The SMILES string of the molecule is COc1ccc(NC(=O)c2ccc(C)cc2C)c(OC)c1. The van der Waals surface area contributed by atoms with Crippen molar-refractivity contribution in [3.63, 3.8) is 0 Å². The van der Waals surface area contributed by atoms with Crippen molar-refractivity contribution in [1.29, 1.82) is 0 Å². The Kier molecular flexibility index (Phi) is 4.48. The Bertz CT molecular complexity index is 665. The summed E-state index contributed by atoms with van der Waals surface area (Å²) in [5.74, 6) is 1.08. The molecule has 0 atom stereocenters. The van der Waals surface area contributed by atoms with Gasteiger partial charge in [0.1, 0.15) is 11.5 Å². The van der Waals surface area contributed by atoms with E-state index in [1.54, 1.807) is 32.4 Å². The van der Waals surface area contributed by atoms with Crippen LogP contribution in [0.5, 0.6) is 11.5 Å². The number of ether oxygens (including phenoxy) is 2. The molecule has 2 rings (SSSR count). The van der Waals surface area contributed by atoms with Gasteiger partial charge in [0.15, 0.2) is 0 Å². The number of hydrogen-bond donors (Lipinski definition) is 1. The van der Waals surface area contributed by atoms with Crippen LogP contribution in [0, 0.1) is 13.8 Å². The summed E-state index contributed by atoms with van der Waals surface area (Å²) in [6.45, 7) is 3.92. The summed E-state index contributed by atoms with van der Waals surface area (Å²) in [6, 6.07) is 11.0. The van der Waals surface area contributed by atoms with Gasteiger partial charge in [-0.1, -0.05) is 17.7 Å². The van der Waals surface area contributed by atoms with Gasteiger partial charge in [-0.2, -0.15) is 0 Å². The van der Waals surface area contributed by atoms with E-state index in [0.717, 1.165) is 11.1 Å². The summed E-state index contributed by atoms with van der Waals surface area (Å²) in [5.41, 5.74) is 3.34. The van der Waals surface area contributed by atoms with Crippen molar-refractivity contribution >= 4 is 11.6 Å². The fourth-order valence-corrected chi connectivity index (χ4v) is 2.16. The van der Waals surface area contributed by atoms with E-state index in [1.165, 1.54) is 0 Å². The minimum Gasteiger partial charge on any atom is -0.497 e. The van der Waals surface area contributed by atoms with Crippen molar-refractivity contribution in [3.8, 4) is 11.5 Å². The number of anilines is 1. The highest BCUT2D eigenvalue weighted by Gasteiger charge is 2.12. The number of rotatable bonds is 4. The lowest BCUT2D eigenvalue weighted by Crippen LogP contribution is -2.14. The average molecular weight is 285 g/mol.